The van der Waals surface area contributed by atoms with E-state index in [9.17, 15) is 13.6 Å². The van der Waals surface area contributed by atoms with Gasteiger partial charge in [-0.25, -0.2) is 13.8 Å². The molecule has 2 aromatic carbocycles. The van der Waals surface area contributed by atoms with E-state index in [4.69, 9.17) is 0 Å². The average molecular weight is 369 g/mol. The number of nitrogens with one attached hydrogen (secondary N) is 2. The van der Waals surface area contributed by atoms with Crippen LogP contribution < -0.4 is 5.32 Å². The molecule has 1 aliphatic carbocycles. The molecule has 0 bridgehead atoms. The maximum Gasteiger partial charge on any atom is 0.295 e. The standard InChI is InChI=1S/C21H21F2N3O/c22-19(23)20-25-17-11-8-15(12-18(17)26-20)21(27)24-16-9-6-14(7-10-16)13-4-2-1-3-5-13/h1-5,8,11-12,14,16,19H,6-7,9-10H2,(H,24,27)(H,25,26). The average Bonchev–Trinajstić information content (AvgIpc) is 3.13. The molecule has 3 aromatic rings. The van der Waals surface area contributed by atoms with Gasteiger partial charge in [-0.1, -0.05) is 30.3 Å². The Morgan fingerprint density at radius 3 is 2.52 bits per heavy atom. The fraction of sp³-hybridized carbons (Fsp3) is 0.333. The summed E-state index contributed by atoms with van der Waals surface area (Å²) in [5.74, 6) is 0.00325. The molecule has 6 heteroatoms. The van der Waals surface area contributed by atoms with Crippen LogP contribution in [0.25, 0.3) is 11.0 Å². The molecule has 2 N–H and O–H groups in total. The first-order chi connectivity index (χ1) is 13.1. The molecule has 0 radical (unpaired) electrons. The lowest BCUT2D eigenvalue weighted by molar-refractivity contribution is 0.0926. The van der Waals surface area contributed by atoms with E-state index in [0.29, 0.717) is 22.5 Å². The van der Waals surface area contributed by atoms with E-state index in [1.165, 1.54) is 5.56 Å². The summed E-state index contributed by atoms with van der Waals surface area (Å²) in [5.41, 5.74) is 2.70. The van der Waals surface area contributed by atoms with Crippen LogP contribution in [0.15, 0.2) is 48.5 Å². The van der Waals surface area contributed by atoms with Crippen molar-refractivity contribution >= 4 is 16.9 Å². The van der Waals surface area contributed by atoms with Gasteiger partial charge in [-0.2, -0.15) is 0 Å². The fourth-order valence-electron chi connectivity index (χ4n) is 3.84. The lowest BCUT2D eigenvalue weighted by Gasteiger charge is -2.29. The third-order valence-corrected chi connectivity index (χ3v) is 5.30. The summed E-state index contributed by atoms with van der Waals surface area (Å²) in [5, 5.41) is 3.08. The van der Waals surface area contributed by atoms with E-state index < -0.39 is 6.43 Å². The Kier molecular flexibility index (Phi) is 4.88. The highest BCUT2D eigenvalue weighted by Crippen LogP contribution is 2.32. The van der Waals surface area contributed by atoms with Crippen LogP contribution in [0.1, 0.15) is 59.8 Å². The summed E-state index contributed by atoms with van der Waals surface area (Å²) in [7, 11) is 0. The van der Waals surface area contributed by atoms with Crippen molar-refractivity contribution in [3.8, 4) is 0 Å². The normalized spacial score (nSPS) is 20.1. The number of carbonyl (C=O) groups is 1. The first-order valence-corrected chi connectivity index (χ1v) is 9.24. The van der Waals surface area contributed by atoms with Crippen molar-refractivity contribution in [3.05, 3.63) is 65.5 Å². The maximum atomic E-state index is 12.8. The number of aromatic nitrogens is 2. The van der Waals surface area contributed by atoms with E-state index in [1.54, 1.807) is 18.2 Å². The highest BCUT2D eigenvalue weighted by molar-refractivity contribution is 5.97. The summed E-state index contributed by atoms with van der Waals surface area (Å²) in [4.78, 5) is 19.0. The number of halogens is 2. The lowest BCUT2D eigenvalue weighted by atomic mass is 9.82. The van der Waals surface area contributed by atoms with Gasteiger partial charge in [-0.3, -0.25) is 4.79 Å². The molecule has 4 rings (SSSR count). The van der Waals surface area contributed by atoms with Crippen LogP contribution >= 0.6 is 0 Å². The molecular weight excluding hydrogens is 348 g/mol. The molecule has 4 nitrogen and oxygen atoms in total. The second-order valence-electron chi connectivity index (χ2n) is 7.09. The summed E-state index contributed by atoms with van der Waals surface area (Å²) in [6, 6.07) is 15.4. The Hall–Kier alpha value is -2.76. The molecule has 0 saturated heterocycles. The zero-order valence-electron chi connectivity index (χ0n) is 14.8. The van der Waals surface area contributed by atoms with E-state index in [2.05, 4.69) is 39.6 Å². The van der Waals surface area contributed by atoms with Gasteiger partial charge in [0.25, 0.3) is 12.3 Å². The van der Waals surface area contributed by atoms with Crippen LogP contribution in [-0.2, 0) is 0 Å². The third kappa shape index (κ3) is 3.84. The minimum absolute atomic E-state index is 0.145. The number of aromatic amines is 1. The molecule has 1 fully saturated rings. The van der Waals surface area contributed by atoms with Gasteiger partial charge in [0.1, 0.15) is 0 Å². The van der Waals surface area contributed by atoms with Crippen LogP contribution in [0.5, 0.6) is 0 Å². The predicted octanol–water partition coefficient (Wildman–Crippen LogP) is 4.96. The summed E-state index contributed by atoms with van der Waals surface area (Å²) in [6.07, 6.45) is 1.31. The van der Waals surface area contributed by atoms with Crippen molar-refractivity contribution in [2.45, 2.75) is 44.1 Å². The van der Waals surface area contributed by atoms with Crippen molar-refractivity contribution in [1.82, 2.24) is 15.3 Å². The molecule has 1 aromatic heterocycles. The Labute approximate surface area is 156 Å². The Morgan fingerprint density at radius 2 is 1.81 bits per heavy atom. The van der Waals surface area contributed by atoms with Gasteiger partial charge >= 0.3 is 0 Å². The van der Waals surface area contributed by atoms with Crippen LogP contribution in [0.2, 0.25) is 0 Å². The molecule has 0 unspecified atom stereocenters. The SMILES string of the molecule is O=C(NC1CCC(c2ccccc2)CC1)c1ccc2nc(C(F)F)[nH]c2c1. The van der Waals surface area contributed by atoms with Crippen LogP contribution in [0.3, 0.4) is 0 Å². The number of hydrogen-bond donors (Lipinski definition) is 2. The molecule has 0 atom stereocenters. The Morgan fingerprint density at radius 1 is 1.07 bits per heavy atom. The summed E-state index contributed by atoms with van der Waals surface area (Å²) in [6.45, 7) is 0. The third-order valence-electron chi connectivity index (χ3n) is 5.30. The summed E-state index contributed by atoms with van der Waals surface area (Å²) >= 11 is 0. The molecule has 1 saturated carbocycles. The number of fused-ring (bicyclic) bond motifs is 1. The molecule has 1 aliphatic rings. The minimum atomic E-state index is -2.66. The van der Waals surface area contributed by atoms with Gasteiger partial charge in [0.2, 0.25) is 0 Å². The highest BCUT2D eigenvalue weighted by Gasteiger charge is 2.24. The first kappa shape index (κ1) is 17.6. The number of imidazole rings is 1. The number of amides is 1. The number of carbonyl (C=O) groups excluding carboxylic acids is 1. The van der Waals surface area contributed by atoms with Gasteiger partial charge in [0, 0.05) is 11.6 Å². The Bertz CT molecular complexity index is 931. The van der Waals surface area contributed by atoms with Crippen LogP contribution in [0, 0.1) is 0 Å². The zero-order chi connectivity index (χ0) is 18.8. The van der Waals surface area contributed by atoms with Crippen LogP contribution in [0.4, 0.5) is 8.78 Å². The molecular formula is C21H21F2N3O. The van der Waals surface area contributed by atoms with Crippen molar-refractivity contribution < 1.29 is 13.6 Å². The number of benzene rings is 2. The number of rotatable bonds is 4. The number of H-pyrrole nitrogens is 1. The van der Waals surface area contributed by atoms with Crippen LogP contribution in [-0.4, -0.2) is 21.9 Å². The van der Waals surface area contributed by atoms with E-state index >= 15 is 0 Å². The first-order valence-electron chi connectivity index (χ1n) is 9.24. The van der Waals surface area contributed by atoms with Gasteiger partial charge in [0.15, 0.2) is 5.82 Å². The van der Waals surface area contributed by atoms with Gasteiger partial charge in [-0.05, 0) is 55.4 Å². The fourth-order valence-corrected chi connectivity index (χ4v) is 3.84. The molecule has 27 heavy (non-hydrogen) atoms. The van der Waals surface area contributed by atoms with Crippen molar-refractivity contribution in [2.24, 2.45) is 0 Å². The topological polar surface area (TPSA) is 57.8 Å². The minimum Gasteiger partial charge on any atom is -0.349 e. The molecule has 1 heterocycles. The van der Waals surface area contributed by atoms with Gasteiger partial charge in [-0.15, -0.1) is 0 Å². The quantitative estimate of drug-likeness (QED) is 0.683. The van der Waals surface area contributed by atoms with Gasteiger partial charge in [0.05, 0.1) is 11.0 Å². The number of nitrogens with zero attached hydrogens (tertiary/aromatic N) is 1. The highest BCUT2D eigenvalue weighted by atomic mass is 19.3. The van der Waals surface area contributed by atoms with E-state index in [0.717, 1.165) is 25.7 Å². The molecule has 140 valence electrons. The Balaban J connectivity index is 1.39. The molecule has 1 amide bonds. The van der Waals surface area contributed by atoms with Crippen molar-refractivity contribution in [1.29, 1.82) is 0 Å². The predicted molar refractivity (Wildman–Crippen MR) is 100.0 cm³/mol. The largest absolute Gasteiger partial charge is 0.349 e. The molecule has 0 spiro atoms. The van der Waals surface area contributed by atoms with Crippen molar-refractivity contribution in [3.63, 3.8) is 0 Å². The zero-order valence-corrected chi connectivity index (χ0v) is 14.8. The van der Waals surface area contributed by atoms with E-state index in [-0.39, 0.29) is 17.8 Å². The van der Waals surface area contributed by atoms with E-state index in [1.807, 2.05) is 6.07 Å². The summed E-state index contributed by atoms with van der Waals surface area (Å²) < 4.78 is 25.5. The lowest BCUT2D eigenvalue weighted by Crippen LogP contribution is -2.37. The second kappa shape index (κ2) is 7.47. The van der Waals surface area contributed by atoms with Gasteiger partial charge < -0.3 is 10.3 Å². The number of hydrogen-bond acceptors (Lipinski definition) is 2. The second-order valence-corrected chi connectivity index (χ2v) is 7.09. The monoisotopic (exact) mass is 369 g/mol. The van der Waals surface area contributed by atoms with Crippen molar-refractivity contribution in [2.75, 3.05) is 0 Å². The number of alkyl halides is 2. The molecule has 0 aliphatic heterocycles. The smallest absolute Gasteiger partial charge is 0.295 e. The maximum absolute atomic E-state index is 12.8.